The van der Waals surface area contributed by atoms with E-state index in [-0.39, 0.29) is 12.5 Å². The number of amides is 1. The van der Waals surface area contributed by atoms with Crippen molar-refractivity contribution in [1.82, 2.24) is 5.32 Å². The largest absolute Gasteiger partial charge is 0.484 e. The molecule has 0 aromatic heterocycles. The first-order valence-corrected chi connectivity index (χ1v) is 6.99. The number of carbonyl (C=O) groups excluding carboxylic acids is 1. The fraction of sp³-hybridized carbons (Fsp3) is 0.533. The Hall–Kier alpha value is -1.55. The lowest BCUT2D eigenvalue weighted by Gasteiger charge is -2.12. The van der Waals surface area contributed by atoms with Gasteiger partial charge in [0.2, 0.25) is 0 Å². The van der Waals surface area contributed by atoms with E-state index in [9.17, 15) is 4.79 Å². The van der Waals surface area contributed by atoms with Gasteiger partial charge in [-0.2, -0.15) is 0 Å². The molecule has 0 atom stereocenters. The van der Waals surface area contributed by atoms with Crippen molar-refractivity contribution >= 4 is 5.91 Å². The van der Waals surface area contributed by atoms with Gasteiger partial charge in [-0.1, -0.05) is 25.0 Å². The molecule has 0 bridgehead atoms. The molecule has 1 aliphatic rings. The van der Waals surface area contributed by atoms with Crippen molar-refractivity contribution in [3.8, 4) is 5.75 Å². The van der Waals surface area contributed by atoms with E-state index in [4.69, 9.17) is 10.5 Å². The Morgan fingerprint density at radius 1 is 1.26 bits per heavy atom. The second kappa shape index (κ2) is 7.14. The van der Waals surface area contributed by atoms with Crippen LogP contribution in [0.2, 0.25) is 0 Å². The molecule has 19 heavy (non-hydrogen) atoms. The monoisotopic (exact) mass is 262 g/mol. The molecule has 3 N–H and O–H groups in total. The van der Waals surface area contributed by atoms with Crippen molar-refractivity contribution in [2.45, 2.75) is 38.1 Å². The van der Waals surface area contributed by atoms with Crippen LogP contribution in [0.25, 0.3) is 0 Å². The molecule has 1 amide bonds. The summed E-state index contributed by atoms with van der Waals surface area (Å²) >= 11 is 0. The average molecular weight is 262 g/mol. The molecule has 1 aromatic rings. The van der Waals surface area contributed by atoms with Crippen molar-refractivity contribution < 1.29 is 9.53 Å². The molecular formula is C15H22N2O2. The zero-order valence-electron chi connectivity index (χ0n) is 11.2. The highest BCUT2D eigenvalue weighted by Crippen LogP contribution is 2.17. The van der Waals surface area contributed by atoms with Crippen LogP contribution >= 0.6 is 0 Å². The summed E-state index contributed by atoms with van der Waals surface area (Å²) in [5.41, 5.74) is 6.68. The Morgan fingerprint density at radius 2 is 1.95 bits per heavy atom. The summed E-state index contributed by atoms with van der Waals surface area (Å²) in [6, 6.07) is 8.08. The van der Waals surface area contributed by atoms with Gasteiger partial charge in [0.25, 0.3) is 5.91 Å². The van der Waals surface area contributed by atoms with E-state index in [0.717, 1.165) is 25.0 Å². The molecule has 1 saturated carbocycles. The summed E-state index contributed by atoms with van der Waals surface area (Å²) in [4.78, 5) is 11.7. The Balaban J connectivity index is 1.73. The third-order valence-corrected chi connectivity index (χ3v) is 3.45. The number of nitrogens with one attached hydrogen (secondary N) is 1. The maximum atomic E-state index is 11.7. The van der Waals surface area contributed by atoms with E-state index in [1.807, 2.05) is 24.3 Å². The predicted octanol–water partition coefficient (Wildman–Crippen LogP) is 1.63. The molecular weight excluding hydrogens is 240 g/mol. The fourth-order valence-corrected chi connectivity index (χ4v) is 2.41. The molecule has 2 rings (SSSR count). The number of benzene rings is 1. The minimum atomic E-state index is -0.0297. The highest BCUT2D eigenvalue weighted by molar-refractivity contribution is 5.77. The van der Waals surface area contributed by atoms with E-state index < -0.39 is 0 Å². The zero-order valence-corrected chi connectivity index (χ0v) is 11.2. The lowest BCUT2D eigenvalue weighted by atomic mass is 10.1. The Bertz CT molecular complexity index is 397. The number of nitrogens with two attached hydrogens (primary N) is 1. The smallest absolute Gasteiger partial charge is 0.258 e. The highest BCUT2D eigenvalue weighted by Gasteiger charge is 2.17. The SMILES string of the molecule is NCCc1ccc(OCC(=O)NC2CCCC2)cc1. The second-order valence-corrected chi connectivity index (χ2v) is 5.02. The number of carbonyl (C=O) groups is 1. The maximum absolute atomic E-state index is 11.7. The van der Waals surface area contributed by atoms with E-state index in [1.165, 1.54) is 18.4 Å². The molecule has 4 heteroatoms. The molecule has 1 aromatic carbocycles. The van der Waals surface area contributed by atoms with Gasteiger partial charge in [0.05, 0.1) is 0 Å². The molecule has 0 radical (unpaired) electrons. The first kappa shape index (κ1) is 13.9. The van der Waals surface area contributed by atoms with Gasteiger partial charge in [-0.3, -0.25) is 4.79 Å². The number of rotatable bonds is 6. The number of hydrogen-bond donors (Lipinski definition) is 2. The summed E-state index contributed by atoms with van der Waals surface area (Å²) in [7, 11) is 0. The van der Waals surface area contributed by atoms with Crippen LogP contribution < -0.4 is 15.8 Å². The fourth-order valence-electron chi connectivity index (χ4n) is 2.41. The molecule has 1 aliphatic carbocycles. The van der Waals surface area contributed by atoms with E-state index in [1.54, 1.807) is 0 Å². The van der Waals surface area contributed by atoms with Gasteiger partial charge in [-0.25, -0.2) is 0 Å². The van der Waals surface area contributed by atoms with E-state index >= 15 is 0 Å². The molecule has 0 unspecified atom stereocenters. The first-order valence-electron chi connectivity index (χ1n) is 6.99. The molecule has 0 aliphatic heterocycles. The minimum Gasteiger partial charge on any atom is -0.484 e. The Kier molecular flexibility index (Phi) is 5.21. The summed E-state index contributed by atoms with van der Waals surface area (Å²) in [5, 5.41) is 3.00. The minimum absolute atomic E-state index is 0.0297. The zero-order chi connectivity index (χ0) is 13.5. The van der Waals surface area contributed by atoms with Crippen LogP contribution in [0.1, 0.15) is 31.2 Å². The van der Waals surface area contributed by atoms with Crippen LogP contribution in [0, 0.1) is 0 Å². The predicted molar refractivity (Wildman–Crippen MR) is 75.1 cm³/mol. The highest BCUT2D eigenvalue weighted by atomic mass is 16.5. The summed E-state index contributed by atoms with van der Waals surface area (Å²) in [5.74, 6) is 0.695. The second-order valence-electron chi connectivity index (χ2n) is 5.02. The summed E-state index contributed by atoms with van der Waals surface area (Å²) < 4.78 is 5.47. The van der Waals surface area contributed by atoms with Crippen LogP contribution in [-0.2, 0) is 11.2 Å². The normalized spacial score (nSPS) is 15.4. The third-order valence-electron chi connectivity index (χ3n) is 3.45. The standard InChI is InChI=1S/C15H22N2O2/c16-10-9-12-5-7-14(8-6-12)19-11-15(18)17-13-3-1-2-4-13/h5-8,13H,1-4,9-11,16H2,(H,17,18). The van der Waals surface area contributed by atoms with Crippen molar-refractivity contribution in [1.29, 1.82) is 0 Å². The molecule has 0 saturated heterocycles. The van der Waals surface area contributed by atoms with Gasteiger partial charge in [-0.05, 0) is 43.5 Å². The van der Waals surface area contributed by atoms with Gasteiger partial charge in [-0.15, -0.1) is 0 Å². The van der Waals surface area contributed by atoms with Crippen LogP contribution in [0.4, 0.5) is 0 Å². The van der Waals surface area contributed by atoms with E-state index in [2.05, 4.69) is 5.32 Å². The molecule has 1 fully saturated rings. The summed E-state index contributed by atoms with van der Waals surface area (Å²) in [6.07, 6.45) is 5.49. The van der Waals surface area contributed by atoms with Crippen LogP contribution in [0.3, 0.4) is 0 Å². The molecule has 0 spiro atoms. The van der Waals surface area contributed by atoms with Crippen LogP contribution in [-0.4, -0.2) is 25.1 Å². The van der Waals surface area contributed by atoms with Crippen LogP contribution in [0.15, 0.2) is 24.3 Å². The van der Waals surface area contributed by atoms with Gasteiger partial charge in [0.15, 0.2) is 6.61 Å². The van der Waals surface area contributed by atoms with Crippen molar-refractivity contribution in [3.05, 3.63) is 29.8 Å². The van der Waals surface area contributed by atoms with Crippen molar-refractivity contribution in [3.63, 3.8) is 0 Å². The topological polar surface area (TPSA) is 64.3 Å². The van der Waals surface area contributed by atoms with E-state index in [0.29, 0.717) is 12.6 Å². The molecule has 4 nitrogen and oxygen atoms in total. The maximum Gasteiger partial charge on any atom is 0.258 e. The Labute approximate surface area is 114 Å². The van der Waals surface area contributed by atoms with Crippen molar-refractivity contribution in [2.24, 2.45) is 5.73 Å². The van der Waals surface area contributed by atoms with Gasteiger partial charge in [0.1, 0.15) is 5.75 Å². The molecule has 0 heterocycles. The Morgan fingerprint density at radius 3 is 2.58 bits per heavy atom. The molecule has 104 valence electrons. The first-order chi connectivity index (χ1) is 9.28. The van der Waals surface area contributed by atoms with Gasteiger partial charge in [0, 0.05) is 6.04 Å². The number of hydrogen-bond acceptors (Lipinski definition) is 3. The summed E-state index contributed by atoms with van der Waals surface area (Å²) in [6.45, 7) is 0.733. The average Bonchev–Trinajstić information content (AvgIpc) is 2.91. The number of ether oxygens (including phenoxy) is 1. The van der Waals surface area contributed by atoms with Crippen molar-refractivity contribution in [2.75, 3.05) is 13.2 Å². The lowest BCUT2D eigenvalue weighted by molar-refractivity contribution is -0.123. The van der Waals surface area contributed by atoms with Gasteiger partial charge < -0.3 is 15.8 Å². The lowest BCUT2D eigenvalue weighted by Crippen LogP contribution is -2.36. The quantitative estimate of drug-likeness (QED) is 0.819. The van der Waals surface area contributed by atoms with Gasteiger partial charge >= 0.3 is 0 Å². The third kappa shape index (κ3) is 4.56. The van der Waals surface area contributed by atoms with Crippen LogP contribution in [0.5, 0.6) is 5.75 Å².